The van der Waals surface area contributed by atoms with E-state index >= 15 is 0 Å². The molecule has 0 bridgehead atoms. The molecule has 1 aliphatic rings. The van der Waals surface area contributed by atoms with Gasteiger partial charge in [0, 0.05) is 12.8 Å². The fourth-order valence-electron chi connectivity index (χ4n) is 3.51. The maximum atomic E-state index is 12.3. The lowest BCUT2D eigenvalue weighted by atomic mass is 10.1. The van der Waals surface area contributed by atoms with E-state index in [9.17, 15) is 9.59 Å². The van der Waals surface area contributed by atoms with Crippen molar-refractivity contribution in [2.75, 3.05) is 13.2 Å². The highest BCUT2D eigenvalue weighted by molar-refractivity contribution is 5.70. The third-order valence-corrected chi connectivity index (χ3v) is 5.31. The molecule has 0 aromatic heterocycles. The smallest absolute Gasteiger partial charge is 0.306 e. The van der Waals surface area contributed by atoms with Gasteiger partial charge in [-0.2, -0.15) is 0 Å². The van der Waals surface area contributed by atoms with Gasteiger partial charge in [0.05, 0.1) is 13.2 Å². The molecule has 172 valence electrons. The van der Waals surface area contributed by atoms with Crippen LogP contribution in [0.3, 0.4) is 0 Å². The Morgan fingerprint density at radius 1 is 0.774 bits per heavy atom. The average Bonchev–Trinajstić information content (AvgIpc) is 2.77. The molecule has 5 heteroatoms. The molecular weight excluding hydrogens is 392 g/mol. The van der Waals surface area contributed by atoms with Crippen molar-refractivity contribution >= 4 is 11.9 Å². The number of esters is 2. The lowest BCUT2D eigenvalue weighted by Gasteiger charge is -2.18. The highest BCUT2D eigenvalue weighted by Crippen LogP contribution is 2.11. The van der Waals surface area contributed by atoms with E-state index in [-0.39, 0.29) is 25.2 Å². The van der Waals surface area contributed by atoms with E-state index in [0.29, 0.717) is 19.4 Å². The van der Waals surface area contributed by atoms with E-state index in [1.165, 1.54) is 6.42 Å². The monoisotopic (exact) mass is 430 g/mol. The van der Waals surface area contributed by atoms with Gasteiger partial charge in [0.25, 0.3) is 0 Å². The Hall–Kier alpha value is -2.14. The predicted molar refractivity (Wildman–Crippen MR) is 121 cm³/mol. The van der Waals surface area contributed by atoms with Crippen molar-refractivity contribution in [2.45, 2.75) is 89.8 Å². The molecule has 0 spiro atoms. The zero-order chi connectivity index (χ0) is 22.0. The Bertz CT molecular complexity index is 640. The highest BCUT2D eigenvalue weighted by atomic mass is 16.6. The van der Waals surface area contributed by atoms with Crippen LogP contribution in [0.2, 0.25) is 0 Å². The summed E-state index contributed by atoms with van der Waals surface area (Å²) in [5.74, 6) is -0.489. The minimum atomic E-state index is -0.573. The average molecular weight is 431 g/mol. The van der Waals surface area contributed by atoms with Crippen LogP contribution in [0.4, 0.5) is 0 Å². The SMILES string of the molecule is O=C1CCCCCC/C=C\CCCCCCC(=O)OC(COCc2ccccc2)CO1. The first-order chi connectivity index (χ1) is 15.2. The van der Waals surface area contributed by atoms with Crippen LogP contribution in [0.25, 0.3) is 0 Å². The molecule has 0 radical (unpaired) electrons. The van der Waals surface area contributed by atoms with Crippen LogP contribution >= 0.6 is 0 Å². The van der Waals surface area contributed by atoms with Crippen molar-refractivity contribution in [1.82, 2.24) is 0 Å². The molecule has 0 amide bonds. The lowest BCUT2D eigenvalue weighted by molar-refractivity contribution is -0.163. The largest absolute Gasteiger partial charge is 0.462 e. The number of hydrogen-bond acceptors (Lipinski definition) is 5. The van der Waals surface area contributed by atoms with Crippen molar-refractivity contribution in [3.05, 3.63) is 48.0 Å². The summed E-state index contributed by atoms with van der Waals surface area (Å²) in [7, 11) is 0. The number of hydrogen-bond donors (Lipinski definition) is 0. The summed E-state index contributed by atoms with van der Waals surface area (Å²) in [5, 5.41) is 0. The van der Waals surface area contributed by atoms with Crippen LogP contribution < -0.4 is 0 Å². The third kappa shape index (κ3) is 13.0. The number of ether oxygens (including phenoxy) is 3. The van der Waals surface area contributed by atoms with Gasteiger partial charge in [0.15, 0.2) is 6.10 Å². The van der Waals surface area contributed by atoms with Crippen molar-refractivity contribution in [3.63, 3.8) is 0 Å². The second kappa shape index (κ2) is 16.5. The molecular formula is C26H38O5. The Morgan fingerprint density at radius 3 is 2.06 bits per heavy atom. The van der Waals surface area contributed by atoms with Gasteiger partial charge in [-0.25, -0.2) is 0 Å². The summed E-state index contributed by atoms with van der Waals surface area (Å²) in [6.45, 7) is 0.682. The molecule has 0 saturated heterocycles. The second-order valence-electron chi connectivity index (χ2n) is 8.17. The number of benzene rings is 1. The van der Waals surface area contributed by atoms with Crippen molar-refractivity contribution < 1.29 is 23.8 Å². The molecule has 1 aromatic rings. The first kappa shape index (κ1) is 25.1. The maximum Gasteiger partial charge on any atom is 0.306 e. The van der Waals surface area contributed by atoms with Crippen LogP contribution in [0, 0.1) is 0 Å². The predicted octanol–water partition coefficient (Wildman–Crippen LogP) is 5.91. The van der Waals surface area contributed by atoms with Gasteiger partial charge in [-0.3, -0.25) is 9.59 Å². The molecule has 0 aliphatic carbocycles. The maximum absolute atomic E-state index is 12.3. The summed E-state index contributed by atoms with van der Waals surface area (Å²) in [6, 6.07) is 9.83. The van der Waals surface area contributed by atoms with Crippen molar-refractivity contribution in [3.8, 4) is 0 Å². The molecule has 1 atom stereocenters. The fourth-order valence-corrected chi connectivity index (χ4v) is 3.51. The summed E-state index contributed by atoms with van der Waals surface area (Å²) in [5.41, 5.74) is 1.05. The summed E-state index contributed by atoms with van der Waals surface area (Å²) < 4.78 is 16.7. The summed E-state index contributed by atoms with van der Waals surface area (Å²) >= 11 is 0. The van der Waals surface area contributed by atoms with E-state index in [1.54, 1.807) is 0 Å². The van der Waals surface area contributed by atoms with E-state index in [0.717, 1.165) is 63.4 Å². The van der Waals surface area contributed by atoms with Gasteiger partial charge in [0.2, 0.25) is 0 Å². The topological polar surface area (TPSA) is 61.8 Å². The Kier molecular flexibility index (Phi) is 13.4. The molecule has 0 saturated carbocycles. The summed E-state index contributed by atoms with van der Waals surface area (Å²) in [4.78, 5) is 24.3. The molecule has 1 unspecified atom stereocenters. The second-order valence-corrected chi connectivity index (χ2v) is 8.17. The molecule has 2 rings (SSSR count). The van der Waals surface area contributed by atoms with Crippen LogP contribution in [-0.4, -0.2) is 31.3 Å². The number of carbonyl (C=O) groups is 2. The van der Waals surface area contributed by atoms with Gasteiger partial charge in [-0.1, -0.05) is 68.2 Å². The zero-order valence-electron chi connectivity index (χ0n) is 18.8. The number of carbonyl (C=O) groups excluding carboxylic acids is 2. The molecule has 1 aliphatic heterocycles. The molecule has 1 aromatic carbocycles. The van der Waals surface area contributed by atoms with Crippen LogP contribution in [0.1, 0.15) is 82.6 Å². The minimum absolute atomic E-state index is 0.0458. The van der Waals surface area contributed by atoms with Gasteiger partial charge >= 0.3 is 11.9 Å². The van der Waals surface area contributed by atoms with Crippen LogP contribution in [0.15, 0.2) is 42.5 Å². The molecule has 5 nitrogen and oxygen atoms in total. The van der Waals surface area contributed by atoms with Crippen molar-refractivity contribution in [2.24, 2.45) is 0 Å². The van der Waals surface area contributed by atoms with E-state index < -0.39 is 6.10 Å². The number of cyclic esters (lactones) is 2. The normalized spacial score (nSPS) is 22.1. The van der Waals surface area contributed by atoms with Crippen molar-refractivity contribution in [1.29, 1.82) is 0 Å². The van der Waals surface area contributed by atoms with E-state index in [2.05, 4.69) is 12.2 Å². The Balaban J connectivity index is 1.81. The molecule has 1 heterocycles. The van der Waals surface area contributed by atoms with Gasteiger partial charge < -0.3 is 14.2 Å². The summed E-state index contributed by atoms with van der Waals surface area (Å²) in [6.07, 6.45) is 15.3. The lowest BCUT2D eigenvalue weighted by Crippen LogP contribution is -2.29. The van der Waals surface area contributed by atoms with Gasteiger partial charge in [-0.05, 0) is 44.1 Å². The van der Waals surface area contributed by atoms with Crippen LogP contribution in [0.5, 0.6) is 0 Å². The number of rotatable bonds is 4. The van der Waals surface area contributed by atoms with Gasteiger partial charge in [-0.15, -0.1) is 0 Å². The van der Waals surface area contributed by atoms with Gasteiger partial charge in [0.1, 0.15) is 6.61 Å². The molecule has 0 fully saturated rings. The first-order valence-electron chi connectivity index (χ1n) is 11.9. The Labute approximate surface area is 187 Å². The Morgan fingerprint density at radius 2 is 1.39 bits per heavy atom. The highest BCUT2D eigenvalue weighted by Gasteiger charge is 2.17. The quantitative estimate of drug-likeness (QED) is 0.439. The zero-order valence-corrected chi connectivity index (χ0v) is 18.8. The third-order valence-electron chi connectivity index (χ3n) is 5.31. The van der Waals surface area contributed by atoms with E-state index in [4.69, 9.17) is 14.2 Å². The minimum Gasteiger partial charge on any atom is -0.462 e. The first-order valence-corrected chi connectivity index (χ1v) is 11.9. The molecule has 31 heavy (non-hydrogen) atoms. The fraction of sp³-hybridized carbons (Fsp3) is 0.615. The molecule has 0 N–H and O–H groups in total. The number of allylic oxidation sites excluding steroid dienone is 2. The standard InChI is InChI=1S/C26H38O5/c27-25-18-14-9-7-5-3-1-2-4-6-8-10-15-19-26(28)31-24(22-30-25)21-29-20-23-16-12-11-13-17-23/h1-2,11-13,16-17,24H,3-10,14-15,18-22H2/b2-1-. The van der Waals surface area contributed by atoms with Crippen LogP contribution in [-0.2, 0) is 30.4 Å². The van der Waals surface area contributed by atoms with E-state index in [1.807, 2.05) is 30.3 Å².